The summed E-state index contributed by atoms with van der Waals surface area (Å²) in [6.45, 7) is 1.85. The van der Waals surface area contributed by atoms with Crippen LogP contribution in [0.4, 0.5) is 13.2 Å². The summed E-state index contributed by atoms with van der Waals surface area (Å²) in [7, 11) is 0. The molecule has 0 aliphatic rings. The number of imidazole rings is 1. The summed E-state index contributed by atoms with van der Waals surface area (Å²) in [6, 6.07) is 0.839. The lowest BCUT2D eigenvalue weighted by Gasteiger charge is -2.08. The first kappa shape index (κ1) is 11.6. The Labute approximate surface area is 95.2 Å². The Morgan fingerprint density at radius 3 is 2.65 bits per heavy atom. The van der Waals surface area contributed by atoms with E-state index in [0.717, 1.165) is 12.3 Å². The third-order valence-electron chi connectivity index (χ3n) is 2.18. The van der Waals surface area contributed by atoms with Crippen molar-refractivity contribution in [3.05, 3.63) is 36.2 Å². The second-order valence-electron chi connectivity index (χ2n) is 3.31. The van der Waals surface area contributed by atoms with Crippen LogP contribution in [0.3, 0.4) is 0 Å². The van der Waals surface area contributed by atoms with Crippen LogP contribution in [-0.4, -0.2) is 19.5 Å². The number of halogens is 3. The van der Waals surface area contributed by atoms with Gasteiger partial charge in [-0.15, -0.1) is 0 Å². The van der Waals surface area contributed by atoms with Crippen LogP contribution in [0.15, 0.2) is 24.7 Å². The molecule has 17 heavy (non-hydrogen) atoms. The van der Waals surface area contributed by atoms with E-state index in [0.29, 0.717) is 12.2 Å². The number of nitrogens with zero attached hydrogens (tertiary/aromatic N) is 4. The Kier molecular flexibility index (Phi) is 2.83. The fourth-order valence-corrected chi connectivity index (χ4v) is 1.40. The van der Waals surface area contributed by atoms with Crippen LogP contribution in [0, 0.1) is 0 Å². The summed E-state index contributed by atoms with van der Waals surface area (Å²) in [4.78, 5) is 11.3. The lowest BCUT2D eigenvalue weighted by Crippen LogP contribution is -2.12. The molecule has 0 saturated heterocycles. The molecule has 4 nitrogen and oxygen atoms in total. The Bertz CT molecular complexity index is 518. The molecule has 0 amide bonds. The van der Waals surface area contributed by atoms with Gasteiger partial charge >= 0.3 is 6.18 Å². The standard InChI is InChI=1S/C10H9F3N4/c1-2-8-14-5-6-17(8)9-15-4-3-7(16-9)10(11,12)13/h3-6H,2H2,1H3. The summed E-state index contributed by atoms with van der Waals surface area (Å²) < 4.78 is 38.9. The lowest BCUT2D eigenvalue weighted by molar-refractivity contribution is -0.141. The minimum absolute atomic E-state index is 0.0193. The van der Waals surface area contributed by atoms with Crippen LogP contribution in [0.25, 0.3) is 5.95 Å². The van der Waals surface area contributed by atoms with Crippen LogP contribution in [0.5, 0.6) is 0 Å². The number of hydrogen-bond acceptors (Lipinski definition) is 3. The zero-order valence-electron chi connectivity index (χ0n) is 8.94. The molecule has 0 N–H and O–H groups in total. The highest BCUT2D eigenvalue weighted by molar-refractivity contribution is 5.19. The maximum absolute atomic E-state index is 12.5. The van der Waals surface area contributed by atoms with E-state index < -0.39 is 11.9 Å². The van der Waals surface area contributed by atoms with Crippen molar-refractivity contribution < 1.29 is 13.2 Å². The van der Waals surface area contributed by atoms with E-state index in [9.17, 15) is 13.2 Å². The highest BCUT2D eigenvalue weighted by Crippen LogP contribution is 2.27. The second-order valence-corrected chi connectivity index (χ2v) is 3.31. The van der Waals surface area contributed by atoms with Gasteiger partial charge in [-0.05, 0) is 6.07 Å². The molecule has 0 aromatic carbocycles. The average molecular weight is 242 g/mol. The number of rotatable bonds is 2. The second kappa shape index (κ2) is 4.15. The van der Waals surface area contributed by atoms with E-state index in [-0.39, 0.29) is 5.95 Å². The van der Waals surface area contributed by atoms with Gasteiger partial charge < -0.3 is 0 Å². The Hall–Kier alpha value is -1.92. The lowest BCUT2D eigenvalue weighted by atomic mass is 10.4. The van der Waals surface area contributed by atoms with E-state index >= 15 is 0 Å². The van der Waals surface area contributed by atoms with E-state index in [1.807, 2.05) is 6.92 Å². The monoisotopic (exact) mass is 242 g/mol. The summed E-state index contributed by atoms with van der Waals surface area (Å²) in [5, 5.41) is 0. The van der Waals surface area contributed by atoms with Crippen LogP contribution >= 0.6 is 0 Å². The highest BCUT2D eigenvalue weighted by Gasteiger charge is 2.33. The zero-order valence-corrected chi connectivity index (χ0v) is 8.94. The molecule has 7 heteroatoms. The molecule has 2 heterocycles. The minimum Gasteiger partial charge on any atom is -0.272 e. The first-order chi connectivity index (χ1) is 8.02. The van der Waals surface area contributed by atoms with Crippen LogP contribution in [0.2, 0.25) is 0 Å². The van der Waals surface area contributed by atoms with Gasteiger partial charge in [0.2, 0.25) is 5.95 Å². The van der Waals surface area contributed by atoms with Gasteiger partial charge in [-0.2, -0.15) is 13.2 Å². The first-order valence-corrected chi connectivity index (χ1v) is 4.95. The normalized spacial score (nSPS) is 11.8. The molecule has 0 saturated carbocycles. The minimum atomic E-state index is -4.47. The molecule has 0 aliphatic carbocycles. The van der Waals surface area contributed by atoms with Gasteiger partial charge in [-0.3, -0.25) is 4.57 Å². The number of alkyl halides is 3. The molecule has 2 aromatic heterocycles. The molecule has 0 atom stereocenters. The number of aryl methyl sites for hydroxylation is 1. The zero-order chi connectivity index (χ0) is 12.5. The van der Waals surface area contributed by atoms with Gasteiger partial charge in [0.25, 0.3) is 0 Å². The quantitative estimate of drug-likeness (QED) is 0.811. The molecular weight excluding hydrogens is 233 g/mol. The summed E-state index contributed by atoms with van der Waals surface area (Å²) in [6.07, 6.45) is 0.249. The van der Waals surface area contributed by atoms with Crippen molar-refractivity contribution in [2.24, 2.45) is 0 Å². The average Bonchev–Trinajstić information content (AvgIpc) is 2.76. The van der Waals surface area contributed by atoms with Gasteiger partial charge in [0, 0.05) is 25.0 Å². The first-order valence-electron chi connectivity index (χ1n) is 4.95. The topological polar surface area (TPSA) is 43.6 Å². The Balaban J connectivity index is 2.47. The van der Waals surface area contributed by atoms with Gasteiger partial charge in [-0.1, -0.05) is 6.92 Å². The third-order valence-corrected chi connectivity index (χ3v) is 2.18. The molecule has 2 rings (SSSR count). The van der Waals surface area contributed by atoms with Crippen molar-refractivity contribution in [3.63, 3.8) is 0 Å². The van der Waals surface area contributed by atoms with Crippen LogP contribution < -0.4 is 0 Å². The highest BCUT2D eigenvalue weighted by atomic mass is 19.4. The fourth-order valence-electron chi connectivity index (χ4n) is 1.40. The van der Waals surface area contributed by atoms with Crippen molar-refractivity contribution in [1.29, 1.82) is 0 Å². The Morgan fingerprint density at radius 2 is 2.00 bits per heavy atom. The largest absolute Gasteiger partial charge is 0.433 e. The Morgan fingerprint density at radius 1 is 1.24 bits per heavy atom. The van der Waals surface area contributed by atoms with Crippen molar-refractivity contribution in [2.75, 3.05) is 0 Å². The molecule has 0 spiro atoms. The van der Waals surface area contributed by atoms with Gasteiger partial charge in [0.05, 0.1) is 0 Å². The van der Waals surface area contributed by atoms with Crippen molar-refractivity contribution in [3.8, 4) is 5.95 Å². The van der Waals surface area contributed by atoms with Gasteiger partial charge in [0.1, 0.15) is 11.5 Å². The van der Waals surface area contributed by atoms with Crippen LogP contribution in [-0.2, 0) is 12.6 Å². The van der Waals surface area contributed by atoms with E-state index in [1.54, 1.807) is 0 Å². The van der Waals surface area contributed by atoms with Crippen molar-refractivity contribution in [2.45, 2.75) is 19.5 Å². The maximum Gasteiger partial charge on any atom is 0.433 e. The van der Waals surface area contributed by atoms with E-state index in [2.05, 4.69) is 15.0 Å². The fraction of sp³-hybridized carbons (Fsp3) is 0.300. The third kappa shape index (κ3) is 2.27. The molecule has 0 unspecified atom stereocenters. The van der Waals surface area contributed by atoms with E-state index in [4.69, 9.17) is 0 Å². The molecule has 90 valence electrons. The van der Waals surface area contributed by atoms with Crippen molar-refractivity contribution in [1.82, 2.24) is 19.5 Å². The molecule has 0 radical (unpaired) electrons. The van der Waals surface area contributed by atoms with Gasteiger partial charge in [-0.25, -0.2) is 15.0 Å². The number of aromatic nitrogens is 4. The summed E-state index contributed by atoms with van der Waals surface area (Å²) >= 11 is 0. The molecule has 0 fully saturated rings. The summed E-state index contributed by atoms with van der Waals surface area (Å²) in [5.41, 5.74) is -0.960. The smallest absolute Gasteiger partial charge is 0.272 e. The van der Waals surface area contributed by atoms with E-state index in [1.165, 1.54) is 17.0 Å². The molecular formula is C10H9F3N4. The predicted molar refractivity (Wildman–Crippen MR) is 53.5 cm³/mol. The number of hydrogen-bond donors (Lipinski definition) is 0. The van der Waals surface area contributed by atoms with Crippen LogP contribution in [0.1, 0.15) is 18.4 Å². The summed E-state index contributed by atoms with van der Waals surface area (Å²) in [5.74, 6) is 0.596. The van der Waals surface area contributed by atoms with Gasteiger partial charge in [0.15, 0.2) is 0 Å². The predicted octanol–water partition coefficient (Wildman–Crippen LogP) is 2.24. The SMILES string of the molecule is CCc1nccn1-c1nccc(C(F)(F)F)n1. The van der Waals surface area contributed by atoms with Crippen molar-refractivity contribution >= 4 is 0 Å². The molecule has 0 bridgehead atoms. The molecule has 0 aliphatic heterocycles. The maximum atomic E-state index is 12.5. The molecule has 2 aromatic rings.